The Hall–Kier alpha value is -0.870. The first-order chi connectivity index (χ1) is 7.13. The quantitative estimate of drug-likeness (QED) is 0.762. The van der Waals surface area contributed by atoms with E-state index in [1.54, 1.807) is 0 Å². The van der Waals surface area contributed by atoms with Gasteiger partial charge in [-0.2, -0.15) is 0 Å². The molecular formula is C11H21N3O. The monoisotopic (exact) mass is 211 g/mol. The van der Waals surface area contributed by atoms with Gasteiger partial charge in [-0.15, -0.1) is 0 Å². The van der Waals surface area contributed by atoms with Crippen LogP contribution in [-0.2, 0) is 18.2 Å². The Balaban J connectivity index is 2.43. The summed E-state index contributed by atoms with van der Waals surface area (Å²) in [6.07, 6.45) is 4.96. The Bertz CT molecular complexity index is 283. The maximum absolute atomic E-state index is 5.58. The van der Waals surface area contributed by atoms with Crippen molar-refractivity contribution in [2.24, 2.45) is 7.05 Å². The molecule has 0 saturated heterocycles. The van der Waals surface area contributed by atoms with Crippen LogP contribution in [0.1, 0.15) is 19.7 Å². The zero-order valence-corrected chi connectivity index (χ0v) is 10.0. The number of hydrogen-bond acceptors (Lipinski definition) is 3. The standard InChI is InChI=1S/C11H21N3O/c1-9(2)15-8-10(12-3)7-11-13-5-6-14(11)4/h5-6,9-10,12H,7-8H2,1-4H3. The van der Waals surface area contributed by atoms with E-state index in [9.17, 15) is 0 Å². The average Bonchev–Trinajstić information content (AvgIpc) is 2.58. The topological polar surface area (TPSA) is 39.1 Å². The fourth-order valence-corrected chi connectivity index (χ4v) is 1.37. The van der Waals surface area contributed by atoms with Crippen molar-refractivity contribution in [1.82, 2.24) is 14.9 Å². The molecule has 1 unspecified atom stereocenters. The molecule has 0 amide bonds. The number of ether oxygens (including phenoxy) is 1. The summed E-state index contributed by atoms with van der Waals surface area (Å²) in [6, 6.07) is 0.327. The van der Waals surface area contributed by atoms with Crippen LogP contribution in [0.5, 0.6) is 0 Å². The lowest BCUT2D eigenvalue weighted by atomic mass is 10.2. The molecule has 1 aromatic rings. The number of likely N-dealkylation sites (N-methyl/N-ethyl adjacent to an activating group) is 1. The maximum atomic E-state index is 5.58. The van der Waals surface area contributed by atoms with Crippen molar-refractivity contribution in [3.8, 4) is 0 Å². The molecule has 1 heterocycles. The third-order valence-electron chi connectivity index (χ3n) is 2.39. The van der Waals surface area contributed by atoms with E-state index < -0.39 is 0 Å². The zero-order chi connectivity index (χ0) is 11.3. The first kappa shape index (κ1) is 12.2. The Morgan fingerprint density at radius 1 is 1.53 bits per heavy atom. The van der Waals surface area contributed by atoms with Crippen LogP contribution in [0.25, 0.3) is 0 Å². The van der Waals surface area contributed by atoms with Crippen molar-refractivity contribution in [2.45, 2.75) is 32.4 Å². The van der Waals surface area contributed by atoms with Crippen LogP contribution in [0, 0.1) is 0 Å². The third kappa shape index (κ3) is 4.01. The lowest BCUT2D eigenvalue weighted by molar-refractivity contribution is 0.0623. The number of hydrogen-bond donors (Lipinski definition) is 1. The summed E-state index contributed by atoms with van der Waals surface area (Å²) in [5.74, 6) is 1.08. The minimum atomic E-state index is 0.280. The van der Waals surface area contributed by atoms with Gasteiger partial charge in [0.1, 0.15) is 5.82 Å². The highest BCUT2D eigenvalue weighted by Crippen LogP contribution is 2.01. The van der Waals surface area contributed by atoms with Crippen LogP contribution >= 0.6 is 0 Å². The lowest BCUT2D eigenvalue weighted by Gasteiger charge is -2.17. The number of aromatic nitrogens is 2. The van der Waals surface area contributed by atoms with E-state index >= 15 is 0 Å². The second kappa shape index (κ2) is 5.88. The molecule has 0 bridgehead atoms. The van der Waals surface area contributed by atoms with Crippen LogP contribution in [0.2, 0.25) is 0 Å². The van der Waals surface area contributed by atoms with Gasteiger partial charge in [0, 0.05) is 31.9 Å². The molecule has 1 aromatic heterocycles. The Kier molecular flexibility index (Phi) is 4.78. The molecule has 0 spiro atoms. The molecule has 1 atom stereocenters. The second-order valence-electron chi connectivity index (χ2n) is 4.03. The van der Waals surface area contributed by atoms with Crippen molar-refractivity contribution in [3.05, 3.63) is 18.2 Å². The van der Waals surface area contributed by atoms with Crippen molar-refractivity contribution >= 4 is 0 Å². The molecule has 0 saturated carbocycles. The van der Waals surface area contributed by atoms with Gasteiger partial charge in [-0.05, 0) is 20.9 Å². The largest absolute Gasteiger partial charge is 0.377 e. The summed E-state index contributed by atoms with van der Waals surface area (Å²) in [5, 5.41) is 3.24. The second-order valence-corrected chi connectivity index (χ2v) is 4.03. The van der Waals surface area contributed by atoms with Gasteiger partial charge >= 0.3 is 0 Å². The molecule has 15 heavy (non-hydrogen) atoms. The Morgan fingerprint density at radius 3 is 2.73 bits per heavy atom. The molecule has 1 rings (SSSR count). The molecule has 0 aliphatic rings. The zero-order valence-electron chi connectivity index (χ0n) is 10.0. The van der Waals surface area contributed by atoms with Gasteiger partial charge < -0.3 is 14.6 Å². The van der Waals surface area contributed by atoms with Gasteiger partial charge in [0.15, 0.2) is 0 Å². The van der Waals surface area contributed by atoms with Crippen LogP contribution < -0.4 is 5.32 Å². The predicted octanol–water partition coefficient (Wildman–Crippen LogP) is 0.976. The normalized spacial score (nSPS) is 13.4. The average molecular weight is 211 g/mol. The summed E-state index contributed by atoms with van der Waals surface area (Å²) in [5.41, 5.74) is 0. The molecular weight excluding hydrogens is 190 g/mol. The van der Waals surface area contributed by atoms with Gasteiger partial charge in [-0.3, -0.25) is 0 Å². The van der Waals surface area contributed by atoms with Gasteiger partial charge in [-0.1, -0.05) is 0 Å². The minimum Gasteiger partial charge on any atom is -0.377 e. The van der Waals surface area contributed by atoms with E-state index in [0.717, 1.165) is 18.9 Å². The Labute approximate surface area is 91.7 Å². The Morgan fingerprint density at radius 2 is 2.27 bits per heavy atom. The first-order valence-corrected chi connectivity index (χ1v) is 5.38. The molecule has 1 N–H and O–H groups in total. The highest BCUT2D eigenvalue weighted by Gasteiger charge is 2.11. The van der Waals surface area contributed by atoms with Gasteiger partial charge in [0.25, 0.3) is 0 Å². The van der Waals surface area contributed by atoms with Gasteiger partial charge in [-0.25, -0.2) is 4.98 Å². The SMILES string of the molecule is CNC(COC(C)C)Cc1nccn1C. The van der Waals surface area contributed by atoms with E-state index in [0.29, 0.717) is 6.04 Å². The molecule has 0 radical (unpaired) electrons. The number of nitrogens with zero attached hydrogens (tertiary/aromatic N) is 2. The molecule has 0 fully saturated rings. The summed E-state index contributed by atoms with van der Waals surface area (Å²) in [4.78, 5) is 4.30. The number of aryl methyl sites for hydroxylation is 1. The fraction of sp³-hybridized carbons (Fsp3) is 0.727. The van der Waals surface area contributed by atoms with Gasteiger partial charge in [0.05, 0.1) is 12.7 Å². The smallest absolute Gasteiger partial charge is 0.110 e. The summed E-state index contributed by atoms with van der Waals surface area (Å²) in [7, 11) is 3.97. The molecule has 4 heteroatoms. The number of rotatable bonds is 6. The number of imidazole rings is 1. The van der Waals surface area contributed by atoms with Crippen LogP contribution in [0.15, 0.2) is 12.4 Å². The van der Waals surface area contributed by atoms with E-state index in [-0.39, 0.29) is 6.10 Å². The molecule has 0 aromatic carbocycles. The van der Waals surface area contributed by atoms with Crippen LogP contribution in [-0.4, -0.2) is 35.4 Å². The summed E-state index contributed by atoms with van der Waals surface area (Å²) in [6.45, 7) is 4.82. The minimum absolute atomic E-state index is 0.280. The van der Waals surface area contributed by atoms with Crippen molar-refractivity contribution < 1.29 is 4.74 Å². The summed E-state index contributed by atoms with van der Waals surface area (Å²) < 4.78 is 7.63. The molecule has 0 aliphatic heterocycles. The van der Waals surface area contributed by atoms with E-state index in [2.05, 4.69) is 10.3 Å². The number of nitrogens with one attached hydrogen (secondary N) is 1. The highest BCUT2D eigenvalue weighted by molar-refractivity contribution is 4.94. The molecule has 86 valence electrons. The lowest BCUT2D eigenvalue weighted by Crippen LogP contribution is -2.34. The van der Waals surface area contributed by atoms with Crippen molar-refractivity contribution in [3.63, 3.8) is 0 Å². The predicted molar refractivity (Wildman–Crippen MR) is 60.8 cm³/mol. The highest BCUT2D eigenvalue weighted by atomic mass is 16.5. The fourth-order valence-electron chi connectivity index (χ4n) is 1.37. The van der Waals surface area contributed by atoms with E-state index in [1.165, 1.54) is 0 Å². The molecule has 4 nitrogen and oxygen atoms in total. The summed E-state index contributed by atoms with van der Waals surface area (Å²) >= 11 is 0. The maximum Gasteiger partial charge on any atom is 0.110 e. The third-order valence-corrected chi connectivity index (χ3v) is 2.39. The van der Waals surface area contributed by atoms with Crippen LogP contribution in [0.3, 0.4) is 0 Å². The van der Waals surface area contributed by atoms with Crippen molar-refractivity contribution in [2.75, 3.05) is 13.7 Å². The van der Waals surface area contributed by atoms with E-state index in [1.807, 2.05) is 44.9 Å². The van der Waals surface area contributed by atoms with Crippen molar-refractivity contribution in [1.29, 1.82) is 0 Å². The van der Waals surface area contributed by atoms with Crippen LogP contribution in [0.4, 0.5) is 0 Å². The van der Waals surface area contributed by atoms with E-state index in [4.69, 9.17) is 4.74 Å². The molecule has 0 aliphatic carbocycles. The first-order valence-electron chi connectivity index (χ1n) is 5.38. The van der Waals surface area contributed by atoms with Gasteiger partial charge in [0.2, 0.25) is 0 Å².